The number of alkyl halides is 3. The molecule has 0 radical (unpaired) electrons. The lowest BCUT2D eigenvalue weighted by molar-refractivity contribution is -0.144. The average Bonchev–Trinajstić information content (AvgIpc) is 3.60. The quantitative estimate of drug-likeness (QED) is 0.320. The van der Waals surface area contributed by atoms with E-state index in [9.17, 15) is 18.0 Å². The minimum Gasteiger partial charge on any atom is -0.364 e. The predicted molar refractivity (Wildman–Crippen MR) is 147 cm³/mol. The maximum atomic E-state index is 13.7. The minimum absolute atomic E-state index is 0.0532. The van der Waals surface area contributed by atoms with Crippen LogP contribution in [0.2, 0.25) is 0 Å². The number of primary amides is 1. The zero-order valence-electron chi connectivity index (χ0n) is 22.2. The fraction of sp³-hybridized carbons (Fsp3) is 0.345. The van der Waals surface area contributed by atoms with E-state index in [0.717, 1.165) is 43.5 Å². The lowest BCUT2D eigenvalue weighted by atomic mass is 10.0. The zero-order valence-corrected chi connectivity index (χ0v) is 22.2. The van der Waals surface area contributed by atoms with Gasteiger partial charge in [0.1, 0.15) is 0 Å². The first-order valence-corrected chi connectivity index (χ1v) is 13.7. The Morgan fingerprint density at radius 2 is 1.68 bits per heavy atom. The second-order valence-corrected chi connectivity index (χ2v) is 10.4. The van der Waals surface area contributed by atoms with Crippen molar-refractivity contribution in [2.45, 2.75) is 50.7 Å². The number of anilines is 2. The molecule has 2 aromatic heterocycles. The van der Waals surface area contributed by atoms with Crippen molar-refractivity contribution in [1.29, 1.82) is 0 Å². The van der Waals surface area contributed by atoms with Crippen LogP contribution >= 0.6 is 0 Å². The molecular formula is C29H29F3N8O. The van der Waals surface area contributed by atoms with Crippen LogP contribution in [0.25, 0.3) is 16.9 Å². The average molecular weight is 563 g/mol. The van der Waals surface area contributed by atoms with Crippen molar-refractivity contribution >= 4 is 17.5 Å². The number of aromatic nitrogens is 5. The summed E-state index contributed by atoms with van der Waals surface area (Å²) in [5.41, 5.74) is 9.34. The van der Waals surface area contributed by atoms with Crippen molar-refractivity contribution < 1.29 is 18.0 Å². The SMILES string of the molecule is NC(=O)c1nnc(-n2nc(C(F)(F)F)nc2Nc2ccc3c(c2)CCC(N2CCCC2)CC3)cc1-c1ccccc1. The van der Waals surface area contributed by atoms with Crippen LogP contribution < -0.4 is 11.1 Å². The van der Waals surface area contributed by atoms with E-state index in [1.807, 2.05) is 18.2 Å². The Bertz CT molecular complexity index is 1560. The molecule has 0 spiro atoms. The third-order valence-corrected chi connectivity index (χ3v) is 7.79. The Morgan fingerprint density at radius 3 is 2.39 bits per heavy atom. The number of hydrogen-bond donors (Lipinski definition) is 2. The topological polar surface area (TPSA) is 115 Å². The summed E-state index contributed by atoms with van der Waals surface area (Å²) < 4.78 is 42.1. The highest BCUT2D eigenvalue weighted by molar-refractivity contribution is 5.97. The number of carbonyl (C=O) groups excluding carboxylic acids is 1. The smallest absolute Gasteiger partial charge is 0.364 e. The first kappa shape index (κ1) is 26.9. The van der Waals surface area contributed by atoms with E-state index in [0.29, 0.717) is 22.9 Å². The lowest BCUT2D eigenvalue weighted by Gasteiger charge is -2.25. The molecule has 1 aliphatic heterocycles. The first-order chi connectivity index (χ1) is 19.8. The van der Waals surface area contributed by atoms with Crippen LogP contribution in [0.5, 0.6) is 0 Å². The second-order valence-electron chi connectivity index (χ2n) is 10.4. The molecule has 0 bridgehead atoms. The van der Waals surface area contributed by atoms with Crippen LogP contribution in [0.1, 0.15) is 53.1 Å². The number of hydrogen-bond acceptors (Lipinski definition) is 7. The third-order valence-electron chi connectivity index (χ3n) is 7.79. The van der Waals surface area contributed by atoms with Gasteiger partial charge in [0.05, 0.1) is 0 Å². The number of amides is 1. The fourth-order valence-corrected chi connectivity index (χ4v) is 5.75. The summed E-state index contributed by atoms with van der Waals surface area (Å²) >= 11 is 0. The van der Waals surface area contributed by atoms with E-state index in [2.05, 4.69) is 30.5 Å². The van der Waals surface area contributed by atoms with Gasteiger partial charge in [-0.3, -0.25) is 4.79 Å². The van der Waals surface area contributed by atoms with Gasteiger partial charge >= 0.3 is 6.18 Å². The summed E-state index contributed by atoms with van der Waals surface area (Å²) in [5.74, 6) is -2.37. The van der Waals surface area contributed by atoms with Gasteiger partial charge in [-0.05, 0) is 86.5 Å². The first-order valence-electron chi connectivity index (χ1n) is 13.7. The molecule has 12 heteroatoms. The number of halogens is 3. The Kier molecular flexibility index (Phi) is 7.16. The number of nitrogens with zero attached hydrogens (tertiary/aromatic N) is 6. The fourth-order valence-electron chi connectivity index (χ4n) is 5.75. The van der Waals surface area contributed by atoms with Gasteiger partial charge in [-0.2, -0.15) is 22.8 Å². The molecule has 1 aliphatic carbocycles. The standard InChI is InChI=1S/C29H29F3N8O/c30-29(31,32)27-35-28(34-21-11-8-18-9-12-22(13-10-20(18)16-21)39-14-4-5-15-39)40(38-27)24-17-23(19-6-2-1-3-7-19)25(26(33)41)37-36-24/h1-3,6-8,11,16-17,22H,4-5,9-10,12-15H2,(H2,33,41)(H,34,35,38). The highest BCUT2D eigenvalue weighted by atomic mass is 19.4. The predicted octanol–water partition coefficient (Wildman–Crippen LogP) is 4.93. The largest absolute Gasteiger partial charge is 0.453 e. The van der Waals surface area contributed by atoms with Gasteiger partial charge in [0, 0.05) is 17.3 Å². The number of benzene rings is 2. The summed E-state index contributed by atoms with van der Waals surface area (Å²) in [6.07, 6.45) is 1.73. The monoisotopic (exact) mass is 562 g/mol. The molecule has 1 fully saturated rings. The molecule has 3 heterocycles. The van der Waals surface area contributed by atoms with Crippen molar-refractivity contribution in [2.24, 2.45) is 5.73 Å². The van der Waals surface area contributed by atoms with Crippen LogP contribution in [0, 0.1) is 0 Å². The molecule has 1 atom stereocenters. The Hall–Kier alpha value is -4.32. The van der Waals surface area contributed by atoms with Gasteiger partial charge in [-0.1, -0.05) is 36.4 Å². The van der Waals surface area contributed by atoms with Crippen LogP contribution in [0.15, 0.2) is 54.6 Å². The number of aryl methyl sites for hydroxylation is 2. The van der Waals surface area contributed by atoms with Crippen molar-refractivity contribution in [3.05, 3.63) is 77.2 Å². The molecule has 0 saturated carbocycles. The van der Waals surface area contributed by atoms with E-state index in [-0.39, 0.29) is 17.5 Å². The third kappa shape index (κ3) is 5.64. The molecular weight excluding hydrogens is 533 g/mol. The highest BCUT2D eigenvalue weighted by Crippen LogP contribution is 2.32. The van der Waals surface area contributed by atoms with Crippen LogP contribution in [0.3, 0.4) is 0 Å². The van der Waals surface area contributed by atoms with Crippen molar-refractivity contribution in [1.82, 2.24) is 29.9 Å². The molecule has 6 rings (SSSR count). The summed E-state index contributed by atoms with van der Waals surface area (Å²) in [6.45, 7) is 2.31. The molecule has 41 heavy (non-hydrogen) atoms. The molecule has 2 aliphatic rings. The van der Waals surface area contributed by atoms with Gasteiger partial charge < -0.3 is 16.0 Å². The number of carbonyl (C=O) groups is 1. The molecule has 1 amide bonds. The second kappa shape index (κ2) is 10.9. The Balaban J connectivity index is 1.34. The van der Waals surface area contributed by atoms with E-state index in [4.69, 9.17) is 5.73 Å². The molecule has 212 valence electrons. The molecule has 3 N–H and O–H groups in total. The number of likely N-dealkylation sites (tertiary alicyclic amines) is 1. The number of nitrogens with one attached hydrogen (secondary N) is 1. The maximum Gasteiger partial charge on any atom is 0.453 e. The summed E-state index contributed by atoms with van der Waals surface area (Å²) in [7, 11) is 0. The lowest BCUT2D eigenvalue weighted by Crippen LogP contribution is -2.32. The molecule has 9 nitrogen and oxygen atoms in total. The van der Waals surface area contributed by atoms with E-state index in [1.54, 1.807) is 30.3 Å². The van der Waals surface area contributed by atoms with Crippen molar-refractivity contribution in [3.8, 4) is 16.9 Å². The Labute approximate surface area is 234 Å². The number of nitrogens with two attached hydrogens (primary N) is 1. The summed E-state index contributed by atoms with van der Waals surface area (Å²) in [5, 5.41) is 14.6. The van der Waals surface area contributed by atoms with Gasteiger partial charge in [0.15, 0.2) is 11.5 Å². The van der Waals surface area contributed by atoms with Crippen molar-refractivity contribution in [2.75, 3.05) is 18.4 Å². The molecule has 4 aromatic rings. The van der Waals surface area contributed by atoms with Crippen LogP contribution in [0.4, 0.5) is 24.8 Å². The van der Waals surface area contributed by atoms with Crippen LogP contribution in [-0.4, -0.2) is 54.9 Å². The van der Waals surface area contributed by atoms with Gasteiger partial charge in [0.2, 0.25) is 5.95 Å². The van der Waals surface area contributed by atoms with E-state index < -0.39 is 17.9 Å². The highest BCUT2D eigenvalue weighted by Gasteiger charge is 2.38. The summed E-state index contributed by atoms with van der Waals surface area (Å²) in [6, 6.07) is 16.6. The summed E-state index contributed by atoms with van der Waals surface area (Å²) in [4.78, 5) is 18.4. The Morgan fingerprint density at radius 1 is 0.951 bits per heavy atom. The van der Waals surface area contributed by atoms with Crippen LogP contribution in [-0.2, 0) is 19.0 Å². The molecule has 1 saturated heterocycles. The molecule has 2 aromatic carbocycles. The maximum absolute atomic E-state index is 13.7. The van der Waals surface area contributed by atoms with Gasteiger partial charge in [-0.15, -0.1) is 15.3 Å². The number of fused-ring (bicyclic) bond motifs is 1. The zero-order chi connectivity index (χ0) is 28.6. The minimum atomic E-state index is -4.79. The van der Waals surface area contributed by atoms with Gasteiger partial charge in [0.25, 0.3) is 11.7 Å². The molecule has 1 unspecified atom stereocenters. The van der Waals surface area contributed by atoms with Crippen molar-refractivity contribution in [3.63, 3.8) is 0 Å². The normalized spacial score (nSPS) is 17.7. The van der Waals surface area contributed by atoms with E-state index >= 15 is 0 Å². The number of rotatable bonds is 6. The van der Waals surface area contributed by atoms with Gasteiger partial charge in [-0.25, -0.2) is 0 Å². The van der Waals surface area contributed by atoms with E-state index in [1.165, 1.54) is 30.0 Å².